The van der Waals surface area contributed by atoms with Crippen molar-refractivity contribution in [3.8, 4) is 5.75 Å². The summed E-state index contributed by atoms with van der Waals surface area (Å²) in [7, 11) is 0. The van der Waals surface area contributed by atoms with E-state index in [2.05, 4.69) is 15.9 Å². The lowest BCUT2D eigenvalue weighted by Gasteiger charge is -2.06. The average Bonchev–Trinajstić information content (AvgIpc) is 2.16. The molecule has 1 nitrogen and oxygen atoms in total. The van der Waals surface area contributed by atoms with E-state index < -0.39 is 6.67 Å². The molecule has 0 spiro atoms. The van der Waals surface area contributed by atoms with Crippen molar-refractivity contribution < 1.29 is 9.13 Å². The summed E-state index contributed by atoms with van der Waals surface area (Å²) >= 11 is 9.02. The molecule has 0 fully saturated rings. The normalized spacial score (nSPS) is 10.1. The third kappa shape index (κ3) is 3.16. The van der Waals surface area contributed by atoms with Crippen LogP contribution in [0.4, 0.5) is 4.39 Å². The van der Waals surface area contributed by atoms with Crippen LogP contribution in [0.2, 0.25) is 0 Å². The summed E-state index contributed by atoms with van der Waals surface area (Å²) in [5.41, 5.74) is 0.943. The first-order valence-electron chi connectivity index (χ1n) is 3.81. The summed E-state index contributed by atoms with van der Waals surface area (Å²) in [6.45, 7) is -0.393. The predicted octanol–water partition coefficient (Wildman–Crippen LogP) is 3.54. The summed E-state index contributed by atoms with van der Waals surface area (Å²) in [6, 6.07) is 5.41. The Kier molecular flexibility index (Phi) is 4.53. The van der Waals surface area contributed by atoms with Gasteiger partial charge in [-0.05, 0) is 23.8 Å². The van der Waals surface area contributed by atoms with E-state index in [0.29, 0.717) is 11.6 Å². The molecule has 0 saturated heterocycles. The van der Waals surface area contributed by atoms with E-state index in [1.807, 2.05) is 6.07 Å². The van der Waals surface area contributed by atoms with E-state index in [1.165, 1.54) is 0 Å². The van der Waals surface area contributed by atoms with Crippen molar-refractivity contribution in [1.29, 1.82) is 0 Å². The Balaban J connectivity index is 2.74. The van der Waals surface area contributed by atoms with Crippen LogP contribution in [0.1, 0.15) is 5.56 Å². The van der Waals surface area contributed by atoms with Crippen LogP contribution in [-0.4, -0.2) is 13.3 Å². The standard InChI is InChI=1S/C9H9BrClFO/c10-9-2-1-8(13-4-3-12)5-7(9)6-11/h1-2,5H,3-4,6H2. The molecular weight excluding hydrogens is 258 g/mol. The molecule has 1 aromatic rings. The summed E-state index contributed by atoms with van der Waals surface area (Å²) in [5, 5.41) is 0. The van der Waals surface area contributed by atoms with Crippen molar-refractivity contribution in [1.82, 2.24) is 0 Å². The van der Waals surface area contributed by atoms with Crippen molar-refractivity contribution >= 4 is 27.5 Å². The van der Waals surface area contributed by atoms with E-state index in [1.54, 1.807) is 12.1 Å². The van der Waals surface area contributed by atoms with Gasteiger partial charge < -0.3 is 4.74 Å². The van der Waals surface area contributed by atoms with Crippen LogP contribution in [-0.2, 0) is 5.88 Å². The quantitative estimate of drug-likeness (QED) is 0.758. The van der Waals surface area contributed by atoms with Crippen LogP contribution in [0.5, 0.6) is 5.75 Å². The molecule has 0 heterocycles. The number of halogens is 3. The number of alkyl halides is 2. The molecular formula is C9H9BrClFO. The minimum atomic E-state index is -0.480. The first-order chi connectivity index (χ1) is 6.27. The second-order valence-corrected chi connectivity index (χ2v) is 3.55. The second-order valence-electron chi connectivity index (χ2n) is 2.42. The fourth-order valence-electron chi connectivity index (χ4n) is 0.900. The summed E-state index contributed by atoms with van der Waals surface area (Å²) in [6.07, 6.45) is 0. The molecule has 72 valence electrons. The molecule has 1 rings (SSSR count). The molecule has 0 aromatic heterocycles. The number of hydrogen-bond donors (Lipinski definition) is 0. The summed E-state index contributed by atoms with van der Waals surface area (Å²) in [4.78, 5) is 0. The van der Waals surface area contributed by atoms with Crippen LogP contribution in [0.25, 0.3) is 0 Å². The molecule has 0 aliphatic rings. The Morgan fingerprint density at radius 1 is 1.46 bits per heavy atom. The van der Waals surface area contributed by atoms with Crippen LogP contribution < -0.4 is 4.74 Å². The first kappa shape index (κ1) is 10.8. The zero-order chi connectivity index (χ0) is 9.68. The molecule has 0 aliphatic heterocycles. The molecule has 0 aliphatic carbocycles. The Morgan fingerprint density at radius 2 is 2.23 bits per heavy atom. The fourth-order valence-corrected chi connectivity index (χ4v) is 1.67. The molecule has 0 radical (unpaired) electrons. The zero-order valence-electron chi connectivity index (χ0n) is 6.90. The van der Waals surface area contributed by atoms with Gasteiger partial charge in [0.15, 0.2) is 0 Å². The third-order valence-electron chi connectivity index (χ3n) is 1.51. The van der Waals surface area contributed by atoms with E-state index in [4.69, 9.17) is 16.3 Å². The van der Waals surface area contributed by atoms with Crippen LogP contribution in [0.15, 0.2) is 22.7 Å². The minimum absolute atomic E-state index is 0.0867. The van der Waals surface area contributed by atoms with E-state index in [0.717, 1.165) is 10.0 Å². The maximum Gasteiger partial charge on any atom is 0.123 e. The van der Waals surface area contributed by atoms with Gasteiger partial charge in [0.25, 0.3) is 0 Å². The monoisotopic (exact) mass is 266 g/mol. The summed E-state index contributed by atoms with van der Waals surface area (Å²) < 4.78 is 17.8. The molecule has 4 heteroatoms. The van der Waals surface area contributed by atoms with Crippen molar-refractivity contribution in [3.05, 3.63) is 28.2 Å². The maximum atomic E-state index is 11.8. The smallest absolute Gasteiger partial charge is 0.123 e. The van der Waals surface area contributed by atoms with Gasteiger partial charge in [0.2, 0.25) is 0 Å². The van der Waals surface area contributed by atoms with E-state index in [-0.39, 0.29) is 6.61 Å². The zero-order valence-corrected chi connectivity index (χ0v) is 9.24. The van der Waals surface area contributed by atoms with Crippen molar-refractivity contribution in [2.45, 2.75) is 5.88 Å². The minimum Gasteiger partial charge on any atom is -0.491 e. The van der Waals surface area contributed by atoms with Crippen LogP contribution in [0, 0.1) is 0 Å². The van der Waals surface area contributed by atoms with Gasteiger partial charge in [0, 0.05) is 10.4 Å². The molecule has 0 N–H and O–H groups in total. The average molecular weight is 268 g/mol. The lowest BCUT2D eigenvalue weighted by molar-refractivity contribution is 0.273. The SMILES string of the molecule is FCCOc1ccc(Br)c(CCl)c1. The molecule has 1 aromatic carbocycles. The molecule has 0 atom stereocenters. The summed E-state index contributed by atoms with van der Waals surface area (Å²) in [5.74, 6) is 1.06. The van der Waals surface area contributed by atoms with Crippen LogP contribution in [0.3, 0.4) is 0 Å². The number of benzene rings is 1. The largest absolute Gasteiger partial charge is 0.491 e. The van der Waals surface area contributed by atoms with E-state index >= 15 is 0 Å². The third-order valence-corrected chi connectivity index (χ3v) is 2.57. The fraction of sp³-hybridized carbons (Fsp3) is 0.333. The van der Waals surface area contributed by atoms with Gasteiger partial charge in [-0.15, -0.1) is 11.6 Å². The Morgan fingerprint density at radius 3 is 2.85 bits per heavy atom. The van der Waals surface area contributed by atoms with Crippen molar-refractivity contribution in [2.24, 2.45) is 0 Å². The van der Waals surface area contributed by atoms with Gasteiger partial charge in [-0.25, -0.2) is 4.39 Å². The molecule has 0 saturated carbocycles. The lowest BCUT2D eigenvalue weighted by atomic mass is 10.2. The predicted molar refractivity (Wildman–Crippen MR) is 55.2 cm³/mol. The van der Waals surface area contributed by atoms with Gasteiger partial charge >= 0.3 is 0 Å². The highest BCUT2D eigenvalue weighted by Crippen LogP contribution is 2.23. The molecule has 13 heavy (non-hydrogen) atoms. The van der Waals surface area contributed by atoms with Gasteiger partial charge in [-0.1, -0.05) is 15.9 Å². The van der Waals surface area contributed by atoms with Crippen molar-refractivity contribution in [2.75, 3.05) is 13.3 Å². The van der Waals surface area contributed by atoms with Crippen LogP contribution >= 0.6 is 27.5 Å². The molecule has 0 amide bonds. The number of rotatable bonds is 4. The second kappa shape index (κ2) is 5.45. The highest BCUT2D eigenvalue weighted by Gasteiger charge is 2.00. The Bertz CT molecular complexity index is 280. The molecule has 0 bridgehead atoms. The van der Waals surface area contributed by atoms with Crippen molar-refractivity contribution in [3.63, 3.8) is 0 Å². The first-order valence-corrected chi connectivity index (χ1v) is 5.14. The molecule has 0 unspecified atom stereocenters. The highest BCUT2D eigenvalue weighted by molar-refractivity contribution is 9.10. The van der Waals surface area contributed by atoms with Gasteiger partial charge in [-0.3, -0.25) is 0 Å². The lowest BCUT2D eigenvalue weighted by Crippen LogP contribution is -1.98. The topological polar surface area (TPSA) is 9.23 Å². The maximum absolute atomic E-state index is 11.8. The number of ether oxygens (including phenoxy) is 1. The Labute approximate surface area is 90.0 Å². The Hall–Kier alpha value is -0.280. The van der Waals surface area contributed by atoms with Gasteiger partial charge in [-0.2, -0.15) is 0 Å². The van der Waals surface area contributed by atoms with Gasteiger partial charge in [0.05, 0.1) is 0 Å². The van der Waals surface area contributed by atoms with Gasteiger partial charge in [0.1, 0.15) is 19.0 Å². The highest BCUT2D eigenvalue weighted by atomic mass is 79.9. The van der Waals surface area contributed by atoms with E-state index in [9.17, 15) is 4.39 Å². The number of hydrogen-bond acceptors (Lipinski definition) is 1.